The number of aliphatic hydroxyl groups excluding tert-OH is 1. The molecule has 86 valence electrons. The second kappa shape index (κ2) is 4.30. The van der Waals surface area contributed by atoms with Gasteiger partial charge in [0.25, 0.3) is 0 Å². The van der Waals surface area contributed by atoms with Crippen molar-refractivity contribution in [3.05, 3.63) is 29.8 Å². The van der Waals surface area contributed by atoms with E-state index in [4.69, 9.17) is 4.74 Å². The lowest BCUT2D eigenvalue weighted by molar-refractivity contribution is 0.0402. The zero-order valence-electron chi connectivity index (χ0n) is 9.13. The molecule has 2 nitrogen and oxygen atoms in total. The normalized spacial score (nSPS) is 33.2. The van der Waals surface area contributed by atoms with Gasteiger partial charge in [-0.15, -0.1) is 0 Å². The molecular weight excluding hydrogens is 220 g/mol. The van der Waals surface area contributed by atoms with Crippen LogP contribution in [0, 0.1) is 5.92 Å². The molecule has 2 aliphatic rings. The zero-order chi connectivity index (χ0) is 11.0. The predicted molar refractivity (Wildman–Crippen MR) is 65.9 cm³/mol. The quantitative estimate of drug-likeness (QED) is 0.813. The van der Waals surface area contributed by atoms with Crippen LogP contribution in [0.5, 0.6) is 5.75 Å². The monoisotopic (exact) mass is 236 g/mol. The molecule has 1 aromatic rings. The molecule has 0 saturated carbocycles. The lowest BCUT2D eigenvalue weighted by Crippen LogP contribution is -2.32. The molecule has 0 amide bonds. The molecule has 2 aliphatic heterocycles. The van der Waals surface area contributed by atoms with E-state index in [2.05, 4.69) is 0 Å². The molecule has 1 fully saturated rings. The molecule has 3 heteroatoms. The molecule has 0 aromatic heterocycles. The third-order valence-electron chi connectivity index (χ3n) is 3.50. The van der Waals surface area contributed by atoms with Crippen molar-refractivity contribution in [2.45, 2.75) is 25.0 Å². The van der Waals surface area contributed by atoms with Crippen LogP contribution in [0.15, 0.2) is 24.3 Å². The van der Waals surface area contributed by atoms with E-state index < -0.39 is 0 Å². The van der Waals surface area contributed by atoms with Gasteiger partial charge in [0.15, 0.2) is 0 Å². The SMILES string of the molecule is O[C@@H]1CC(C2CCSC2)Oc2ccccc21. The molecule has 0 aliphatic carbocycles. The van der Waals surface area contributed by atoms with Gasteiger partial charge in [0, 0.05) is 17.9 Å². The second-order valence-corrected chi connectivity index (χ2v) is 5.72. The maximum absolute atomic E-state index is 10.1. The van der Waals surface area contributed by atoms with Crippen LogP contribution in [0.3, 0.4) is 0 Å². The Morgan fingerprint density at radius 2 is 2.19 bits per heavy atom. The summed E-state index contributed by atoms with van der Waals surface area (Å²) in [4.78, 5) is 0. The second-order valence-electron chi connectivity index (χ2n) is 4.57. The summed E-state index contributed by atoms with van der Waals surface area (Å²) in [6.45, 7) is 0. The van der Waals surface area contributed by atoms with E-state index in [0.717, 1.165) is 17.7 Å². The number of ether oxygens (including phenoxy) is 1. The van der Waals surface area contributed by atoms with Gasteiger partial charge in [0.1, 0.15) is 11.9 Å². The molecule has 0 spiro atoms. The van der Waals surface area contributed by atoms with Crippen LogP contribution < -0.4 is 4.74 Å². The first-order chi connectivity index (χ1) is 7.84. The van der Waals surface area contributed by atoms with Crippen molar-refractivity contribution < 1.29 is 9.84 Å². The van der Waals surface area contributed by atoms with Crippen LogP contribution >= 0.6 is 11.8 Å². The number of para-hydroxylation sites is 1. The van der Waals surface area contributed by atoms with Crippen molar-refractivity contribution in [3.63, 3.8) is 0 Å². The number of aliphatic hydroxyl groups is 1. The summed E-state index contributed by atoms with van der Waals surface area (Å²) < 4.78 is 6.01. The molecule has 2 heterocycles. The standard InChI is InChI=1S/C13H16O2S/c14-11-7-13(9-5-6-16-8-9)15-12-4-2-1-3-10(11)12/h1-4,9,11,13-14H,5-8H2/t9?,11-,13?/m1/s1. The predicted octanol–water partition coefficient (Wildman–Crippen LogP) is 2.62. The average molecular weight is 236 g/mol. The van der Waals surface area contributed by atoms with Gasteiger partial charge >= 0.3 is 0 Å². The first kappa shape index (κ1) is 10.5. The lowest BCUT2D eigenvalue weighted by Gasteiger charge is -2.32. The molecule has 1 N–H and O–H groups in total. The first-order valence-corrected chi connectivity index (χ1v) is 7.01. The summed E-state index contributed by atoms with van der Waals surface area (Å²) in [5.41, 5.74) is 0.949. The van der Waals surface area contributed by atoms with Crippen molar-refractivity contribution in [2.75, 3.05) is 11.5 Å². The van der Waals surface area contributed by atoms with Crippen molar-refractivity contribution in [3.8, 4) is 5.75 Å². The summed E-state index contributed by atoms with van der Waals surface area (Å²) in [6, 6.07) is 7.85. The Kier molecular flexibility index (Phi) is 2.82. The lowest BCUT2D eigenvalue weighted by atomic mass is 9.91. The number of thioether (sulfide) groups is 1. The third kappa shape index (κ3) is 1.82. The van der Waals surface area contributed by atoms with E-state index in [0.29, 0.717) is 5.92 Å². The minimum absolute atomic E-state index is 0.208. The summed E-state index contributed by atoms with van der Waals surface area (Å²) in [7, 11) is 0. The van der Waals surface area contributed by atoms with Crippen LogP contribution in [0.25, 0.3) is 0 Å². The van der Waals surface area contributed by atoms with Gasteiger partial charge in [-0.25, -0.2) is 0 Å². The van der Waals surface area contributed by atoms with Gasteiger partial charge in [0.05, 0.1) is 6.10 Å². The molecule has 2 unspecified atom stereocenters. The van der Waals surface area contributed by atoms with E-state index in [1.54, 1.807) is 0 Å². The molecule has 1 saturated heterocycles. The number of hydrogen-bond acceptors (Lipinski definition) is 3. The van der Waals surface area contributed by atoms with Crippen molar-refractivity contribution in [1.29, 1.82) is 0 Å². The van der Waals surface area contributed by atoms with Gasteiger partial charge in [0.2, 0.25) is 0 Å². The highest BCUT2D eigenvalue weighted by Gasteiger charge is 2.33. The van der Waals surface area contributed by atoms with Gasteiger partial charge in [-0.2, -0.15) is 11.8 Å². The molecular formula is C13H16O2S. The van der Waals surface area contributed by atoms with Crippen molar-refractivity contribution in [1.82, 2.24) is 0 Å². The Morgan fingerprint density at radius 1 is 1.31 bits per heavy atom. The highest BCUT2D eigenvalue weighted by Crippen LogP contribution is 2.39. The zero-order valence-corrected chi connectivity index (χ0v) is 9.95. The Hall–Kier alpha value is -0.670. The Labute approximate surface area is 100 Å². The van der Waals surface area contributed by atoms with E-state index in [-0.39, 0.29) is 12.2 Å². The molecule has 3 rings (SSSR count). The third-order valence-corrected chi connectivity index (χ3v) is 4.69. The van der Waals surface area contributed by atoms with Crippen molar-refractivity contribution >= 4 is 11.8 Å². The number of benzene rings is 1. The highest BCUT2D eigenvalue weighted by molar-refractivity contribution is 7.99. The van der Waals surface area contributed by atoms with Crippen LogP contribution in [-0.4, -0.2) is 22.7 Å². The summed E-state index contributed by atoms with van der Waals surface area (Å²) in [6.07, 6.45) is 1.84. The van der Waals surface area contributed by atoms with E-state index in [1.807, 2.05) is 36.0 Å². The van der Waals surface area contributed by atoms with Gasteiger partial charge < -0.3 is 9.84 Å². The first-order valence-electron chi connectivity index (χ1n) is 5.86. The molecule has 16 heavy (non-hydrogen) atoms. The number of rotatable bonds is 1. The molecule has 1 aromatic carbocycles. The summed E-state index contributed by atoms with van der Waals surface area (Å²) in [5.74, 6) is 3.91. The highest BCUT2D eigenvalue weighted by atomic mass is 32.2. The minimum Gasteiger partial charge on any atom is -0.490 e. The van der Waals surface area contributed by atoms with Gasteiger partial charge in [-0.1, -0.05) is 18.2 Å². The maximum Gasteiger partial charge on any atom is 0.125 e. The van der Waals surface area contributed by atoms with E-state index >= 15 is 0 Å². The summed E-state index contributed by atoms with van der Waals surface area (Å²) >= 11 is 2.00. The maximum atomic E-state index is 10.1. The fraction of sp³-hybridized carbons (Fsp3) is 0.538. The fourth-order valence-electron chi connectivity index (χ4n) is 2.56. The number of hydrogen-bond donors (Lipinski definition) is 1. The molecule has 0 bridgehead atoms. The largest absolute Gasteiger partial charge is 0.490 e. The molecule has 3 atom stereocenters. The van der Waals surface area contributed by atoms with E-state index in [9.17, 15) is 5.11 Å². The van der Waals surface area contributed by atoms with Crippen LogP contribution in [0.4, 0.5) is 0 Å². The topological polar surface area (TPSA) is 29.5 Å². The average Bonchev–Trinajstić information content (AvgIpc) is 2.82. The fourth-order valence-corrected chi connectivity index (χ4v) is 3.88. The van der Waals surface area contributed by atoms with Crippen LogP contribution in [0.1, 0.15) is 24.5 Å². The summed E-state index contributed by atoms with van der Waals surface area (Å²) in [5, 5.41) is 10.1. The minimum atomic E-state index is -0.347. The van der Waals surface area contributed by atoms with Gasteiger partial charge in [-0.3, -0.25) is 0 Å². The Balaban J connectivity index is 1.83. The van der Waals surface area contributed by atoms with Gasteiger partial charge in [-0.05, 0) is 24.0 Å². The van der Waals surface area contributed by atoms with Crippen LogP contribution in [0.2, 0.25) is 0 Å². The smallest absolute Gasteiger partial charge is 0.125 e. The Morgan fingerprint density at radius 3 is 3.00 bits per heavy atom. The molecule has 0 radical (unpaired) electrons. The number of fused-ring (bicyclic) bond motifs is 1. The van der Waals surface area contributed by atoms with Crippen molar-refractivity contribution in [2.24, 2.45) is 5.92 Å². The Bertz CT molecular complexity index is 374. The van der Waals surface area contributed by atoms with E-state index in [1.165, 1.54) is 17.9 Å². The van der Waals surface area contributed by atoms with Crippen LogP contribution in [-0.2, 0) is 0 Å².